The molecule has 0 saturated carbocycles. The van der Waals surface area contributed by atoms with E-state index in [9.17, 15) is 14.4 Å². The number of rotatable bonds is 1. The largest absolute Gasteiger partial charge is 0.450 e. The van der Waals surface area contributed by atoms with Crippen molar-refractivity contribution < 1.29 is 23.9 Å². The van der Waals surface area contributed by atoms with Gasteiger partial charge in [0, 0.05) is 11.5 Å². The Morgan fingerprint density at radius 3 is 2.72 bits per heavy atom. The van der Waals surface area contributed by atoms with Crippen molar-refractivity contribution in [2.45, 2.75) is 63.8 Å². The molecule has 0 aromatic carbocycles. The molecule has 25 heavy (non-hydrogen) atoms. The number of hydrogen-bond donors (Lipinski definition) is 0. The molecule has 0 aromatic rings. The van der Waals surface area contributed by atoms with Crippen molar-refractivity contribution in [3.05, 3.63) is 35.5 Å². The van der Waals surface area contributed by atoms with Gasteiger partial charge in [0.2, 0.25) is 0 Å². The van der Waals surface area contributed by atoms with E-state index in [1.807, 2.05) is 6.08 Å². The van der Waals surface area contributed by atoms with Gasteiger partial charge in [-0.3, -0.25) is 4.79 Å². The minimum Gasteiger partial charge on any atom is -0.450 e. The van der Waals surface area contributed by atoms with Gasteiger partial charge < -0.3 is 14.3 Å². The van der Waals surface area contributed by atoms with Crippen molar-refractivity contribution in [1.29, 1.82) is 0 Å². The molecule has 5 heteroatoms. The predicted octanol–water partition coefficient (Wildman–Crippen LogP) is 2.85. The number of carbonyl (C=O) groups excluding carboxylic acids is 3. The van der Waals surface area contributed by atoms with E-state index >= 15 is 0 Å². The fourth-order valence-electron chi connectivity index (χ4n) is 3.69. The average Bonchev–Trinajstić information content (AvgIpc) is 3.20. The molecule has 0 aromatic heterocycles. The van der Waals surface area contributed by atoms with E-state index in [-0.39, 0.29) is 11.9 Å². The standard InChI is InChI=1S/C20H24O5/c1-12-6-4-8-13(2)17(22)18-15(14(3)19(23)24-18)10-16-20(11-21,25-16)9-5-7-12/h7-8,11,15-16,18H,3-6,9-10H2,1-2H3/b12-7-,13-8-/t15-,16-,18-,20+/m1/s1. The molecule has 2 heterocycles. The lowest BCUT2D eigenvalue weighted by molar-refractivity contribution is -0.145. The van der Waals surface area contributed by atoms with Crippen molar-refractivity contribution in [2.24, 2.45) is 5.92 Å². The van der Waals surface area contributed by atoms with Crippen LogP contribution >= 0.6 is 0 Å². The monoisotopic (exact) mass is 344 g/mol. The van der Waals surface area contributed by atoms with E-state index in [1.165, 1.54) is 5.57 Å². The van der Waals surface area contributed by atoms with Crippen molar-refractivity contribution in [2.75, 3.05) is 0 Å². The Morgan fingerprint density at radius 2 is 2.00 bits per heavy atom. The molecule has 2 saturated heterocycles. The Morgan fingerprint density at radius 1 is 1.24 bits per heavy atom. The van der Waals surface area contributed by atoms with Gasteiger partial charge in [0.1, 0.15) is 5.60 Å². The fourth-order valence-corrected chi connectivity index (χ4v) is 3.69. The Hall–Kier alpha value is -2.01. The summed E-state index contributed by atoms with van der Waals surface area (Å²) in [6.45, 7) is 7.60. The number of fused-ring (bicyclic) bond motifs is 2. The van der Waals surface area contributed by atoms with Crippen LogP contribution in [0.3, 0.4) is 0 Å². The Kier molecular flexibility index (Phi) is 4.78. The molecular weight excluding hydrogens is 320 g/mol. The van der Waals surface area contributed by atoms with Crippen LogP contribution in [0.5, 0.6) is 0 Å². The molecule has 0 bridgehead atoms. The highest BCUT2D eigenvalue weighted by Crippen LogP contribution is 2.46. The summed E-state index contributed by atoms with van der Waals surface area (Å²) in [6, 6.07) is 0. The van der Waals surface area contributed by atoms with Crippen LogP contribution in [0.1, 0.15) is 46.0 Å². The van der Waals surface area contributed by atoms with Crippen molar-refractivity contribution >= 4 is 18.0 Å². The SMILES string of the molecule is C=C1C(=O)O[C@H]2C(=O)/C(C)=C\CC/C(C)=C\CC[C@@]3(C=O)O[C@@H]3C[C@H]12. The molecule has 2 aliphatic heterocycles. The predicted molar refractivity (Wildman–Crippen MR) is 91.8 cm³/mol. The van der Waals surface area contributed by atoms with Crippen LogP contribution in [0.2, 0.25) is 0 Å². The summed E-state index contributed by atoms with van der Waals surface area (Å²) < 4.78 is 11.0. The van der Waals surface area contributed by atoms with Gasteiger partial charge >= 0.3 is 5.97 Å². The second-order valence-electron chi connectivity index (χ2n) is 7.25. The number of ether oxygens (including phenoxy) is 2. The first kappa shape index (κ1) is 17.8. The summed E-state index contributed by atoms with van der Waals surface area (Å²) in [5.74, 6) is -1.15. The molecule has 0 amide bonds. The van der Waals surface area contributed by atoms with E-state index < -0.39 is 23.6 Å². The Bertz CT molecular complexity index is 686. The van der Waals surface area contributed by atoms with E-state index in [2.05, 4.69) is 19.6 Å². The van der Waals surface area contributed by atoms with E-state index in [0.29, 0.717) is 24.0 Å². The summed E-state index contributed by atoms with van der Waals surface area (Å²) in [6.07, 6.45) is 7.12. The highest BCUT2D eigenvalue weighted by atomic mass is 16.6. The molecule has 4 atom stereocenters. The van der Waals surface area contributed by atoms with Gasteiger partial charge in [-0.25, -0.2) is 4.79 Å². The average molecular weight is 344 g/mol. The van der Waals surface area contributed by atoms with Crippen molar-refractivity contribution in [1.82, 2.24) is 0 Å². The molecule has 134 valence electrons. The second kappa shape index (κ2) is 6.71. The van der Waals surface area contributed by atoms with Crippen LogP contribution < -0.4 is 0 Å². The highest BCUT2D eigenvalue weighted by molar-refractivity contribution is 6.04. The maximum Gasteiger partial charge on any atom is 0.334 e. The van der Waals surface area contributed by atoms with Crippen LogP contribution in [0.15, 0.2) is 35.5 Å². The van der Waals surface area contributed by atoms with E-state index in [0.717, 1.165) is 25.5 Å². The summed E-state index contributed by atoms with van der Waals surface area (Å²) in [4.78, 5) is 36.2. The number of Topliss-reactive ketones (excluding diaryl/α,β-unsaturated/α-hetero) is 1. The van der Waals surface area contributed by atoms with Gasteiger partial charge in [-0.15, -0.1) is 0 Å². The molecule has 0 spiro atoms. The first-order valence-corrected chi connectivity index (χ1v) is 8.78. The maximum atomic E-state index is 12.7. The number of epoxide rings is 1. The smallest absolute Gasteiger partial charge is 0.334 e. The quantitative estimate of drug-likeness (QED) is 0.240. The zero-order chi connectivity index (χ0) is 18.2. The fraction of sp³-hybridized carbons (Fsp3) is 0.550. The summed E-state index contributed by atoms with van der Waals surface area (Å²) in [5.41, 5.74) is 1.32. The lowest BCUT2D eigenvalue weighted by Gasteiger charge is -2.17. The first-order chi connectivity index (χ1) is 11.9. The third-order valence-corrected chi connectivity index (χ3v) is 5.49. The highest BCUT2D eigenvalue weighted by Gasteiger charge is 2.58. The number of hydrogen-bond acceptors (Lipinski definition) is 5. The third-order valence-electron chi connectivity index (χ3n) is 5.49. The molecule has 0 radical (unpaired) electrons. The molecule has 2 fully saturated rings. The van der Waals surface area contributed by atoms with Gasteiger partial charge in [-0.2, -0.15) is 0 Å². The van der Waals surface area contributed by atoms with Gasteiger partial charge in [0.25, 0.3) is 0 Å². The molecule has 0 N–H and O–H groups in total. The Balaban J connectivity index is 1.89. The summed E-state index contributed by atoms with van der Waals surface area (Å²) >= 11 is 0. The first-order valence-electron chi connectivity index (χ1n) is 8.78. The maximum absolute atomic E-state index is 12.7. The van der Waals surface area contributed by atoms with E-state index in [1.54, 1.807) is 6.92 Å². The normalized spacial score (nSPS) is 40.6. The zero-order valence-corrected chi connectivity index (χ0v) is 14.7. The molecule has 0 unspecified atom stereocenters. The van der Waals surface area contributed by atoms with Crippen LogP contribution in [0.4, 0.5) is 0 Å². The number of esters is 1. The zero-order valence-electron chi connectivity index (χ0n) is 14.7. The Labute approximate surface area is 147 Å². The topological polar surface area (TPSA) is 73.0 Å². The molecule has 1 aliphatic carbocycles. The third kappa shape index (κ3) is 3.38. The van der Waals surface area contributed by atoms with E-state index in [4.69, 9.17) is 9.47 Å². The van der Waals surface area contributed by atoms with Gasteiger partial charge in [0.05, 0.1) is 6.10 Å². The number of aldehydes is 1. The van der Waals surface area contributed by atoms with Gasteiger partial charge in [-0.1, -0.05) is 24.3 Å². The lowest BCUT2D eigenvalue weighted by atomic mass is 9.84. The van der Waals surface area contributed by atoms with Crippen molar-refractivity contribution in [3.8, 4) is 0 Å². The van der Waals surface area contributed by atoms with Crippen molar-refractivity contribution in [3.63, 3.8) is 0 Å². The lowest BCUT2D eigenvalue weighted by Crippen LogP contribution is -2.30. The van der Waals surface area contributed by atoms with Crippen LogP contribution in [-0.4, -0.2) is 35.8 Å². The minimum atomic E-state index is -0.857. The van der Waals surface area contributed by atoms with Crippen LogP contribution in [0.25, 0.3) is 0 Å². The number of ketones is 1. The molecule has 5 nitrogen and oxygen atoms in total. The van der Waals surface area contributed by atoms with Gasteiger partial charge in [0.15, 0.2) is 18.2 Å². The molecule has 3 aliphatic rings. The summed E-state index contributed by atoms with van der Waals surface area (Å²) in [7, 11) is 0. The molecular formula is C20H24O5. The van der Waals surface area contributed by atoms with Gasteiger partial charge in [-0.05, 0) is 51.5 Å². The number of carbonyl (C=O) groups is 3. The second-order valence-corrected chi connectivity index (χ2v) is 7.25. The van der Waals surface area contributed by atoms with Crippen LogP contribution in [0, 0.1) is 5.92 Å². The minimum absolute atomic E-state index is 0.187. The summed E-state index contributed by atoms with van der Waals surface area (Å²) in [5, 5.41) is 0. The van der Waals surface area contributed by atoms with Crippen LogP contribution in [-0.2, 0) is 23.9 Å². The number of allylic oxidation sites excluding steroid dienone is 3. The molecule has 3 rings (SSSR count).